The fraction of sp³-hybridized carbons (Fsp3) is 0.304. The van der Waals surface area contributed by atoms with Crippen molar-refractivity contribution in [2.24, 2.45) is 0 Å². The van der Waals surface area contributed by atoms with Crippen LogP contribution in [-0.2, 0) is 11.3 Å². The molecule has 0 bridgehead atoms. The maximum Gasteiger partial charge on any atom is 0.322 e. The Labute approximate surface area is 171 Å². The van der Waals surface area contributed by atoms with Gasteiger partial charge in [0.25, 0.3) is 0 Å². The minimum atomic E-state index is -0.137. The quantitative estimate of drug-likeness (QED) is 0.734. The van der Waals surface area contributed by atoms with Crippen LogP contribution in [0, 0.1) is 0 Å². The number of anilines is 1. The molecular formula is C23H26N4O2. The van der Waals surface area contributed by atoms with E-state index in [4.69, 9.17) is 4.74 Å². The molecule has 1 unspecified atom stereocenters. The summed E-state index contributed by atoms with van der Waals surface area (Å²) in [5, 5.41) is 5.36. The van der Waals surface area contributed by atoms with Crippen LogP contribution in [0.1, 0.15) is 17.4 Å². The van der Waals surface area contributed by atoms with Crippen LogP contribution >= 0.6 is 0 Å². The van der Waals surface area contributed by atoms with Crippen LogP contribution in [0.25, 0.3) is 10.8 Å². The molecule has 2 amide bonds. The summed E-state index contributed by atoms with van der Waals surface area (Å²) in [4.78, 5) is 21.1. The molecule has 1 fully saturated rings. The zero-order valence-electron chi connectivity index (χ0n) is 16.8. The molecule has 6 nitrogen and oxygen atoms in total. The summed E-state index contributed by atoms with van der Waals surface area (Å²) in [6.07, 6.45) is 1.59. The fourth-order valence-corrected chi connectivity index (χ4v) is 3.72. The minimum Gasteiger partial charge on any atom is -0.370 e. The van der Waals surface area contributed by atoms with Gasteiger partial charge in [-0.05, 0) is 42.6 Å². The molecule has 0 spiro atoms. The molecule has 4 rings (SSSR count). The highest BCUT2D eigenvalue weighted by molar-refractivity contribution is 5.90. The Morgan fingerprint density at radius 2 is 2.03 bits per heavy atom. The van der Waals surface area contributed by atoms with Gasteiger partial charge >= 0.3 is 6.03 Å². The third-order valence-electron chi connectivity index (χ3n) is 5.07. The number of aromatic nitrogens is 1. The van der Waals surface area contributed by atoms with Gasteiger partial charge in [-0.25, -0.2) is 4.79 Å². The molecule has 29 heavy (non-hydrogen) atoms. The largest absolute Gasteiger partial charge is 0.370 e. The van der Waals surface area contributed by atoms with Crippen LogP contribution in [0.5, 0.6) is 0 Å². The first-order valence-electron chi connectivity index (χ1n) is 9.85. The van der Waals surface area contributed by atoms with E-state index in [0.29, 0.717) is 19.7 Å². The smallest absolute Gasteiger partial charge is 0.322 e. The van der Waals surface area contributed by atoms with Crippen molar-refractivity contribution >= 4 is 22.5 Å². The summed E-state index contributed by atoms with van der Waals surface area (Å²) in [5.74, 6) is 0. The topological polar surface area (TPSA) is 57.7 Å². The van der Waals surface area contributed by atoms with Gasteiger partial charge in [-0.15, -0.1) is 0 Å². The summed E-state index contributed by atoms with van der Waals surface area (Å²) < 4.78 is 6.03. The zero-order chi connectivity index (χ0) is 20.2. The van der Waals surface area contributed by atoms with Gasteiger partial charge in [0.15, 0.2) is 0 Å². The van der Waals surface area contributed by atoms with E-state index in [2.05, 4.69) is 34.6 Å². The number of hydrogen-bond donors (Lipinski definition) is 1. The molecule has 1 aromatic heterocycles. The predicted octanol–water partition coefficient (Wildman–Crippen LogP) is 3.90. The standard InChI is InChI=1S/C23H26N4O2/c1-26(2)15-19-14-18(10-11-24-19)25-23(28)27-12-13-29-22(16-27)21-9-5-7-17-6-3-4-8-20(17)21/h3-11,14,22H,12-13,15-16H2,1-2H3,(H,24,25,28). The maximum atomic E-state index is 12.9. The molecule has 2 heterocycles. The van der Waals surface area contributed by atoms with Crippen LogP contribution in [0.15, 0.2) is 60.8 Å². The van der Waals surface area contributed by atoms with Crippen molar-refractivity contribution in [3.8, 4) is 0 Å². The summed E-state index contributed by atoms with van der Waals surface area (Å²) in [5.41, 5.74) is 2.80. The average Bonchev–Trinajstić information content (AvgIpc) is 2.73. The van der Waals surface area contributed by atoms with Gasteiger partial charge in [0.2, 0.25) is 0 Å². The summed E-state index contributed by atoms with van der Waals surface area (Å²) in [6, 6.07) is 18.1. The monoisotopic (exact) mass is 390 g/mol. The SMILES string of the molecule is CN(C)Cc1cc(NC(=O)N2CCOC(c3cccc4ccccc34)C2)ccn1. The van der Waals surface area contributed by atoms with Crippen LogP contribution in [0.2, 0.25) is 0 Å². The summed E-state index contributed by atoms with van der Waals surface area (Å²) in [7, 11) is 3.99. The molecule has 3 aromatic rings. The van der Waals surface area contributed by atoms with E-state index >= 15 is 0 Å². The first kappa shape index (κ1) is 19.4. The third kappa shape index (κ3) is 4.55. The van der Waals surface area contributed by atoms with Gasteiger partial charge < -0.3 is 19.9 Å². The van der Waals surface area contributed by atoms with Gasteiger partial charge in [0, 0.05) is 25.0 Å². The normalized spacial score (nSPS) is 16.9. The number of nitrogens with zero attached hydrogens (tertiary/aromatic N) is 3. The molecular weight excluding hydrogens is 364 g/mol. The van der Waals surface area contributed by atoms with Crippen molar-refractivity contribution in [2.75, 3.05) is 39.1 Å². The van der Waals surface area contributed by atoms with Crippen molar-refractivity contribution in [1.29, 1.82) is 0 Å². The molecule has 1 N–H and O–H groups in total. The molecule has 2 aromatic carbocycles. The van der Waals surface area contributed by atoms with Crippen LogP contribution in [0.3, 0.4) is 0 Å². The van der Waals surface area contributed by atoms with Crippen LogP contribution in [0.4, 0.5) is 10.5 Å². The molecule has 1 saturated heterocycles. The Bertz CT molecular complexity index is 1000. The van der Waals surface area contributed by atoms with Gasteiger partial charge in [-0.2, -0.15) is 0 Å². The van der Waals surface area contributed by atoms with E-state index in [1.165, 1.54) is 10.8 Å². The number of benzene rings is 2. The first-order chi connectivity index (χ1) is 14.1. The number of urea groups is 1. The van der Waals surface area contributed by atoms with Crippen molar-refractivity contribution in [3.05, 3.63) is 72.1 Å². The number of amides is 2. The van der Waals surface area contributed by atoms with E-state index in [9.17, 15) is 4.79 Å². The fourth-order valence-electron chi connectivity index (χ4n) is 3.72. The summed E-state index contributed by atoms with van der Waals surface area (Å²) in [6.45, 7) is 2.34. The lowest BCUT2D eigenvalue weighted by Crippen LogP contribution is -2.44. The van der Waals surface area contributed by atoms with Gasteiger partial charge in [0.1, 0.15) is 6.10 Å². The van der Waals surface area contributed by atoms with Crippen LogP contribution < -0.4 is 5.32 Å². The third-order valence-corrected chi connectivity index (χ3v) is 5.07. The number of carbonyl (C=O) groups is 1. The second-order valence-electron chi connectivity index (χ2n) is 7.58. The summed E-state index contributed by atoms with van der Waals surface area (Å²) >= 11 is 0. The van der Waals surface area contributed by atoms with Crippen molar-refractivity contribution in [2.45, 2.75) is 12.6 Å². The number of hydrogen-bond acceptors (Lipinski definition) is 4. The number of fused-ring (bicyclic) bond motifs is 1. The number of rotatable bonds is 4. The molecule has 1 atom stereocenters. The molecule has 0 aliphatic carbocycles. The average molecular weight is 390 g/mol. The molecule has 6 heteroatoms. The minimum absolute atomic E-state index is 0.111. The Kier molecular flexibility index (Phi) is 5.74. The van der Waals surface area contributed by atoms with Crippen molar-refractivity contribution in [3.63, 3.8) is 0 Å². The molecule has 0 radical (unpaired) electrons. The van der Waals surface area contributed by atoms with E-state index < -0.39 is 0 Å². The Balaban J connectivity index is 1.48. The predicted molar refractivity (Wildman–Crippen MR) is 115 cm³/mol. The van der Waals surface area contributed by atoms with Gasteiger partial charge in [-0.3, -0.25) is 4.98 Å². The number of morpholine rings is 1. The number of carbonyl (C=O) groups excluding carboxylic acids is 1. The van der Waals surface area contributed by atoms with Crippen molar-refractivity contribution < 1.29 is 9.53 Å². The van der Waals surface area contributed by atoms with Gasteiger partial charge in [0.05, 0.1) is 18.8 Å². The number of ether oxygens (including phenoxy) is 1. The van der Waals surface area contributed by atoms with Crippen molar-refractivity contribution in [1.82, 2.24) is 14.8 Å². The van der Waals surface area contributed by atoms with Crippen LogP contribution in [-0.4, -0.2) is 54.6 Å². The Morgan fingerprint density at radius 1 is 1.21 bits per heavy atom. The lowest BCUT2D eigenvalue weighted by molar-refractivity contribution is -0.0127. The molecule has 0 saturated carbocycles. The zero-order valence-corrected chi connectivity index (χ0v) is 16.8. The Hall–Kier alpha value is -2.96. The highest BCUT2D eigenvalue weighted by Crippen LogP contribution is 2.29. The lowest BCUT2D eigenvalue weighted by atomic mass is 9.99. The van der Waals surface area contributed by atoms with E-state index in [1.54, 1.807) is 6.20 Å². The van der Waals surface area contributed by atoms with E-state index in [1.807, 2.05) is 54.2 Å². The second-order valence-corrected chi connectivity index (χ2v) is 7.58. The second kappa shape index (κ2) is 8.59. The number of nitrogens with one attached hydrogen (secondary N) is 1. The molecule has 1 aliphatic heterocycles. The van der Waals surface area contributed by atoms with E-state index in [0.717, 1.165) is 23.5 Å². The Morgan fingerprint density at radius 3 is 2.90 bits per heavy atom. The lowest BCUT2D eigenvalue weighted by Gasteiger charge is -2.33. The maximum absolute atomic E-state index is 12.9. The molecule has 150 valence electrons. The first-order valence-corrected chi connectivity index (χ1v) is 9.85. The highest BCUT2D eigenvalue weighted by Gasteiger charge is 2.26. The van der Waals surface area contributed by atoms with Gasteiger partial charge in [-0.1, -0.05) is 42.5 Å². The van der Waals surface area contributed by atoms with E-state index in [-0.39, 0.29) is 12.1 Å². The molecule has 1 aliphatic rings. The highest BCUT2D eigenvalue weighted by atomic mass is 16.5. The number of pyridine rings is 1.